The largest absolute Gasteiger partial charge is 0.418 e. The highest BCUT2D eigenvalue weighted by Crippen LogP contribution is 2.44. The van der Waals surface area contributed by atoms with Gasteiger partial charge in [-0.3, -0.25) is 0 Å². The van der Waals surface area contributed by atoms with Crippen LogP contribution in [0, 0.1) is 6.92 Å². The monoisotopic (exact) mass is 440 g/mol. The Hall–Kier alpha value is -3.42. The number of hydrogen-bond donors (Lipinski definition) is 2. The van der Waals surface area contributed by atoms with E-state index < -0.39 is 17.8 Å². The van der Waals surface area contributed by atoms with Crippen molar-refractivity contribution in [1.29, 1.82) is 0 Å². The number of para-hydroxylation sites is 1. The topological polar surface area (TPSA) is 49.3 Å². The Labute approximate surface area is 183 Å². The van der Waals surface area contributed by atoms with Crippen LogP contribution in [0.1, 0.15) is 29.7 Å². The number of urea groups is 1. The van der Waals surface area contributed by atoms with Gasteiger partial charge in [-0.1, -0.05) is 18.2 Å². The first-order valence-corrected chi connectivity index (χ1v) is 10.6. The first kappa shape index (κ1) is 20.5. The summed E-state index contributed by atoms with van der Waals surface area (Å²) in [5.74, 6) is 0. The van der Waals surface area contributed by atoms with Crippen molar-refractivity contribution in [1.82, 2.24) is 9.47 Å². The molecule has 2 aliphatic heterocycles. The summed E-state index contributed by atoms with van der Waals surface area (Å²) in [7, 11) is 0. The maximum absolute atomic E-state index is 13.3. The minimum Gasteiger partial charge on any atom is -0.372 e. The quantitative estimate of drug-likeness (QED) is 0.506. The third-order valence-electron chi connectivity index (χ3n) is 6.40. The van der Waals surface area contributed by atoms with Crippen molar-refractivity contribution in [2.24, 2.45) is 0 Å². The van der Waals surface area contributed by atoms with Crippen LogP contribution in [0.2, 0.25) is 0 Å². The molecular formula is C24H23F3N4O. The van der Waals surface area contributed by atoms with Gasteiger partial charge in [-0.15, -0.1) is 0 Å². The molecule has 2 amide bonds. The van der Waals surface area contributed by atoms with Crippen molar-refractivity contribution in [3.63, 3.8) is 0 Å². The number of benzene rings is 2. The SMILES string of the molecule is Cc1ccc2c(c1)NC1(CCN(C(=O)Nc3ccccc3C(F)(F)F)CC1)c1cccn1-2. The van der Waals surface area contributed by atoms with Crippen molar-refractivity contribution < 1.29 is 18.0 Å². The summed E-state index contributed by atoms with van der Waals surface area (Å²) in [6, 6.07) is 14.9. The van der Waals surface area contributed by atoms with E-state index in [0.717, 1.165) is 28.7 Å². The van der Waals surface area contributed by atoms with Crippen LogP contribution in [0.15, 0.2) is 60.8 Å². The van der Waals surface area contributed by atoms with E-state index in [4.69, 9.17) is 0 Å². The summed E-state index contributed by atoms with van der Waals surface area (Å²) in [6.07, 6.45) is -1.19. The second-order valence-corrected chi connectivity index (χ2v) is 8.45. The lowest BCUT2D eigenvalue weighted by Gasteiger charge is -2.46. The lowest BCUT2D eigenvalue weighted by atomic mass is 9.82. The number of fused-ring (bicyclic) bond motifs is 4. The average Bonchev–Trinajstić information content (AvgIpc) is 3.25. The normalized spacial score (nSPS) is 16.8. The number of aryl methyl sites for hydroxylation is 1. The highest BCUT2D eigenvalue weighted by molar-refractivity contribution is 5.90. The number of piperidine rings is 1. The molecule has 2 aromatic carbocycles. The van der Waals surface area contributed by atoms with Gasteiger partial charge in [0.1, 0.15) is 0 Å². The molecule has 5 nitrogen and oxygen atoms in total. The highest BCUT2D eigenvalue weighted by Gasteiger charge is 2.42. The third kappa shape index (κ3) is 3.39. The van der Waals surface area contributed by atoms with Crippen molar-refractivity contribution in [3.8, 4) is 5.69 Å². The number of alkyl halides is 3. The Balaban J connectivity index is 1.35. The van der Waals surface area contributed by atoms with E-state index in [1.165, 1.54) is 18.2 Å². The number of nitrogens with zero attached hydrogens (tertiary/aromatic N) is 2. The van der Waals surface area contributed by atoms with Gasteiger partial charge in [0.15, 0.2) is 0 Å². The predicted octanol–water partition coefficient (Wildman–Crippen LogP) is 5.75. The van der Waals surface area contributed by atoms with E-state index in [1.54, 1.807) is 4.90 Å². The first-order valence-electron chi connectivity index (χ1n) is 10.6. The summed E-state index contributed by atoms with van der Waals surface area (Å²) in [6.45, 7) is 2.91. The molecule has 8 heteroatoms. The Morgan fingerprint density at radius 2 is 1.81 bits per heavy atom. The summed E-state index contributed by atoms with van der Waals surface area (Å²) < 4.78 is 42.0. The van der Waals surface area contributed by atoms with Crippen molar-refractivity contribution >= 4 is 17.4 Å². The van der Waals surface area contributed by atoms with Crippen LogP contribution in [0.3, 0.4) is 0 Å². The number of nitrogens with one attached hydrogen (secondary N) is 2. The Kier molecular flexibility index (Phi) is 4.69. The molecule has 3 heterocycles. The third-order valence-corrected chi connectivity index (χ3v) is 6.40. The molecule has 1 aromatic heterocycles. The summed E-state index contributed by atoms with van der Waals surface area (Å²) >= 11 is 0. The summed E-state index contributed by atoms with van der Waals surface area (Å²) in [4.78, 5) is 14.4. The standard InChI is InChI=1S/C24H23F3N4O/c1-16-8-9-20-19(15-16)29-23(21-7-4-12-31(20)21)10-13-30(14-11-23)22(32)28-18-6-3-2-5-17(18)24(25,26)27/h2-9,12,15,29H,10-11,13-14H2,1H3,(H,28,32). The van der Waals surface area contributed by atoms with Gasteiger partial charge in [0.05, 0.1) is 28.2 Å². The van der Waals surface area contributed by atoms with Crippen LogP contribution >= 0.6 is 0 Å². The summed E-state index contributed by atoms with van der Waals surface area (Å²) in [5.41, 5.74) is 3.03. The van der Waals surface area contributed by atoms with Crippen LogP contribution in [-0.2, 0) is 11.7 Å². The smallest absolute Gasteiger partial charge is 0.372 e. The van der Waals surface area contributed by atoms with Crippen molar-refractivity contribution in [2.75, 3.05) is 23.7 Å². The molecule has 1 fully saturated rings. The number of halogens is 3. The molecule has 0 aliphatic carbocycles. The minimum atomic E-state index is -4.53. The fourth-order valence-corrected chi connectivity index (χ4v) is 4.77. The van der Waals surface area contributed by atoms with Crippen LogP contribution in [0.4, 0.5) is 29.3 Å². The van der Waals surface area contributed by atoms with Crippen LogP contribution < -0.4 is 10.6 Å². The van der Waals surface area contributed by atoms with Gasteiger partial charge in [-0.05, 0) is 61.7 Å². The molecule has 1 saturated heterocycles. The fourth-order valence-electron chi connectivity index (χ4n) is 4.77. The van der Waals surface area contributed by atoms with E-state index >= 15 is 0 Å². The second kappa shape index (κ2) is 7.32. The molecule has 166 valence electrons. The molecular weight excluding hydrogens is 417 g/mol. The molecule has 2 N–H and O–H groups in total. The Bertz CT molecular complexity index is 1180. The number of carbonyl (C=O) groups excluding carboxylic acids is 1. The average molecular weight is 440 g/mol. The molecule has 0 bridgehead atoms. The highest BCUT2D eigenvalue weighted by atomic mass is 19.4. The molecule has 0 saturated carbocycles. The number of amides is 2. The predicted molar refractivity (Wildman–Crippen MR) is 117 cm³/mol. The van der Waals surface area contributed by atoms with Crippen molar-refractivity contribution in [2.45, 2.75) is 31.5 Å². The van der Waals surface area contributed by atoms with E-state index in [2.05, 4.69) is 39.5 Å². The van der Waals surface area contributed by atoms with Crippen molar-refractivity contribution in [3.05, 3.63) is 77.6 Å². The van der Waals surface area contributed by atoms with Gasteiger partial charge in [-0.2, -0.15) is 13.2 Å². The molecule has 2 aliphatic rings. The number of hydrogen-bond acceptors (Lipinski definition) is 2. The lowest BCUT2D eigenvalue weighted by Crippen LogP contribution is -2.51. The maximum atomic E-state index is 13.3. The number of rotatable bonds is 1. The molecule has 3 aromatic rings. The molecule has 0 unspecified atom stereocenters. The number of anilines is 2. The van der Waals surface area contributed by atoms with Gasteiger partial charge in [0, 0.05) is 25.0 Å². The first-order chi connectivity index (χ1) is 15.3. The van der Waals surface area contributed by atoms with Gasteiger partial charge >= 0.3 is 12.2 Å². The molecule has 0 atom stereocenters. The second-order valence-electron chi connectivity index (χ2n) is 8.45. The zero-order valence-electron chi connectivity index (χ0n) is 17.5. The van der Waals surface area contributed by atoms with Gasteiger partial charge in [-0.25, -0.2) is 4.79 Å². The van der Waals surface area contributed by atoms with Gasteiger partial charge in [0.25, 0.3) is 0 Å². The molecule has 32 heavy (non-hydrogen) atoms. The number of likely N-dealkylation sites (tertiary alicyclic amines) is 1. The zero-order chi connectivity index (χ0) is 22.5. The number of carbonyl (C=O) groups is 1. The van der Waals surface area contributed by atoms with E-state index in [1.807, 2.05) is 19.2 Å². The lowest BCUT2D eigenvalue weighted by molar-refractivity contribution is -0.136. The van der Waals surface area contributed by atoms with Crippen LogP contribution in [-0.4, -0.2) is 28.6 Å². The van der Waals surface area contributed by atoms with E-state index in [0.29, 0.717) is 25.9 Å². The number of aromatic nitrogens is 1. The maximum Gasteiger partial charge on any atom is 0.418 e. The zero-order valence-corrected chi connectivity index (χ0v) is 17.5. The van der Waals surface area contributed by atoms with Crippen LogP contribution in [0.25, 0.3) is 5.69 Å². The Morgan fingerprint density at radius 1 is 1.06 bits per heavy atom. The van der Waals surface area contributed by atoms with E-state index in [-0.39, 0.29) is 11.2 Å². The molecule has 5 rings (SSSR count). The molecule has 1 spiro atoms. The van der Waals surface area contributed by atoms with Gasteiger partial charge in [0.2, 0.25) is 0 Å². The van der Waals surface area contributed by atoms with E-state index in [9.17, 15) is 18.0 Å². The van der Waals surface area contributed by atoms with Gasteiger partial charge < -0.3 is 20.1 Å². The molecule has 0 radical (unpaired) electrons. The Morgan fingerprint density at radius 3 is 2.56 bits per heavy atom. The fraction of sp³-hybridized carbons (Fsp3) is 0.292. The van der Waals surface area contributed by atoms with Crippen LogP contribution in [0.5, 0.6) is 0 Å². The minimum absolute atomic E-state index is 0.223. The summed E-state index contributed by atoms with van der Waals surface area (Å²) in [5, 5.41) is 6.16.